The van der Waals surface area contributed by atoms with Crippen molar-refractivity contribution >= 4 is 11.1 Å². The molecule has 2 heterocycles. The second-order valence-electron chi connectivity index (χ2n) is 4.78. The Hall–Kier alpha value is -2.94. The highest BCUT2D eigenvalue weighted by molar-refractivity contribution is 5.76. The fourth-order valence-corrected chi connectivity index (χ4v) is 2.31. The summed E-state index contributed by atoms with van der Waals surface area (Å²) in [7, 11) is 0. The standard InChI is InChI=1S/C18H12N2O/c1-2-7-17-16(6-1)20-18(21-17)14-10-8-13(9-11-14)15-5-3-4-12-19-15/h1-12H. The van der Waals surface area contributed by atoms with Gasteiger partial charge in [-0.2, -0.15) is 0 Å². The topological polar surface area (TPSA) is 38.9 Å². The molecule has 0 bridgehead atoms. The molecular weight excluding hydrogens is 260 g/mol. The molecule has 3 nitrogen and oxygen atoms in total. The summed E-state index contributed by atoms with van der Waals surface area (Å²) in [5.41, 5.74) is 4.69. The SMILES string of the molecule is c1ccc(-c2ccc(-c3nc4ccccc4o3)cc2)nc1. The van der Waals surface area contributed by atoms with Crippen LogP contribution < -0.4 is 0 Å². The van der Waals surface area contributed by atoms with Crippen LogP contribution in [-0.4, -0.2) is 9.97 Å². The molecule has 0 radical (unpaired) electrons. The first kappa shape index (κ1) is 11.9. The van der Waals surface area contributed by atoms with Crippen molar-refractivity contribution in [2.45, 2.75) is 0 Å². The molecule has 0 fully saturated rings. The Balaban J connectivity index is 1.73. The Morgan fingerprint density at radius 2 is 1.48 bits per heavy atom. The lowest BCUT2D eigenvalue weighted by molar-refractivity contribution is 0.620. The Labute approximate surface area is 121 Å². The smallest absolute Gasteiger partial charge is 0.227 e. The Kier molecular flexibility index (Phi) is 2.75. The molecule has 0 atom stereocenters. The van der Waals surface area contributed by atoms with Crippen molar-refractivity contribution in [3.63, 3.8) is 0 Å². The van der Waals surface area contributed by atoms with Crippen molar-refractivity contribution in [1.29, 1.82) is 0 Å². The second-order valence-corrected chi connectivity index (χ2v) is 4.78. The minimum Gasteiger partial charge on any atom is -0.436 e. The van der Waals surface area contributed by atoms with Crippen LogP contribution in [0.4, 0.5) is 0 Å². The van der Waals surface area contributed by atoms with E-state index in [1.807, 2.05) is 66.7 Å². The zero-order valence-electron chi connectivity index (χ0n) is 11.2. The zero-order chi connectivity index (χ0) is 14.1. The van der Waals surface area contributed by atoms with Gasteiger partial charge in [0.25, 0.3) is 0 Å². The number of rotatable bonds is 2. The molecule has 0 amide bonds. The van der Waals surface area contributed by atoms with Crippen LogP contribution in [0.25, 0.3) is 33.8 Å². The van der Waals surface area contributed by atoms with Gasteiger partial charge in [-0.25, -0.2) is 4.98 Å². The van der Waals surface area contributed by atoms with E-state index in [-0.39, 0.29) is 0 Å². The van der Waals surface area contributed by atoms with E-state index in [1.165, 1.54) is 0 Å². The normalized spacial score (nSPS) is 10.9. The van der Waals surface area contributed by atoms with Gasteiger partial charge in [0.2, 0.25) is 5.89 Å². The average molecular weight is 272 g/mol. The molecule has 21 heavy (non-hydrogen) atoms. The summed E-state index contributed by atoms with van der Waals surface area (Å²) in [6.07, 6.45) is 1.80. The van der Waals surface area contributed by atoms with Gasteiger partial charge in [-0.1, -0.05) is 30.3 Å². The molecule has 4 aromatic rings. The number of nitrogens with zero attached hydrogens (tertiary/aromatic N) is 2. The summed E-state index contributed by atoms with van der Waals surface area (Å²) < 4.78 is 5.77. The van der Waals surface area contributed by atoms with Crippen molar-refractivity contribution in [1.82, 2.24) is 9.97 Å². The van der Waals surface area contributed by atoms with E-state index >= 15 is 0 Å². The number of pyridine rings is 1. The lowest BCUT2D eigenvalue weighted by Crippen LogP contribution is -1.82. The molecular formula is C18H12N2O. The third-order valence-electron chi connectivity index (χ3n) is 3.39. The minimum atomic E-state index is 0.642. The van der Waals surface area contributed by atoms with E-state index < -0.39 is 0 Å². The van der Waals surface area contributed by atoms with Gasteiger partial charge in [0.15, 0.2) is 5.58 Å². The molecule has 0 aliphatic carbocycles. The largest absolute Gasteiger partial charge is 0.436 e. The van der Waals surface area contributed by atoms with Crippen molar-refractivity contribution in [2.75, 3.05) is 0 Å². The van der Waals surface area contributed by atoms with Gasteiger partial charge in [-0.15, -0.1) is 0 Å². The molecule has 2 aromatic heterocycles. The van der Waals surface area contributed by atoms with Crippen LogP contribution in [0, 0.1) is 0 Å². The van der Waals surface area contributed by atoms with Crippen molar-refractivity contribution < 1.29 is 4.42 Å². The summed E-state index contributed by atoms with van der Waals surface area (Å²) >= 11 is 0. The molecule has 0 aliphatic heterocycles. The number of benzene rings is 2. The highest BCUT2D eigenvalue weighted by atomic mass is 16.3. The Bertz CT molecular complexity index is 847. The number of hydrogen-bond acceptors (Lipinski definition) is 3. The molecule has 3 heteroatoms. The Morgan fingerprint density at radius 3 is 2.24 bits per heavy atom. The van der Waals surface area contributed by atoms with Gasteiger partial charge >= 0.3 is 0 Å². The third-order valence-corrected chi connectivity index (χ3v) is 3.39. The highest BCUT2D eigenvalue weighted by Gasteiger charge is 2.07. The third kappa shape index (κ3) is 2.19. The van der Waals surface area contributed by atoms with E-state index in [2.05, 4.69) is 9.97 Å². The fraction of sp³-hybridized carbons (Fsp3) is 0. The number of hydrogen-bond donors (Lipinski definition) is 0. The first-order valence-corrected chi connectivity index (χ1v) is 6.77. The van der Waals surface area contributed by atoms with Gasteiger partial charge in [0.05, 0.1) is 5.69 Å². The minimum absolute atomic E-state index is 0.642. The molecule has 4 rings (SSSR count). The number of fused-ring (bicyclic) bond motifs is 1. The van der Waals surface area contributed by atoms with E-state index in [9.17, 15) is 0 Å². The number of oxazole rings is 1. The van der Waals surface area contributed by atoms with Gasteiger partial charge in [0.1, 0.15) is 5.52 Å². The van der Waals surface area contributed by atoms with Crippen molar-refractivity contribution in [2.24, 2.45) is 0 Å². The van der Waals surface area contributed by atoms with Crippen LogP contribution in [0.15, 0.2) is 77.3 Å². The predicted octanol–water partition coefficient (Wildman–Crippen LogP) is 4.56. The molecule has 0 aliphatic rings. The van der Waals surface area contributed by atoms with Crippen LogP contribution in [-0.2, 0) is 0 Å². The lowest BCUT2D eigenvalue weighted by Gasteiger charge is -2.01. The van der Waals surface area contributed by atoms with Gasteiger partial charge in [-0.3, -0.25) is 4.98 Å². The second kappa shape index (κ2) is 4.87. The maximum absolute atomic E-state index is 5.77. The molecule has 0 spiro atoms. The van der Waals surface area contributed by atoms with Gasteiger partial charge in [0, 0.05) is 17.3 Å². The Morgan fingerprint density at radius 1 is 0.714 bits per heavy atom. The summed E-state index contributed by atoms with van der Waals surface area (Å²) in [5, 5.41) is 0. The number of aromatic nitrogens is 2. The predicted molar refractivity (Wildman–Crippen MR) is 82.7 cm³/mol. The highest BCUT2D eigenvalue weighted by Crippen LogP contribution is 2.26. The van der Waals surface area contributed by atoms with Crippen LogP contribution >= 0.6 is 0 Å². The number of para-hydroxylation sites is 2. The average Bonchev–Trinajstić information content (AvgIpc) is 3.00. The molecule has 2 aromatic carbocycles. The van der Waals surface area contributed by atoms with Gasteiger partial charge < -0.3 is 4.42 Å². The van der Waals surface area contributed by atoms with Crippen LogP contribution in [0.5, 0.6) is 0 Å². The lowest BCUT2D eigenvalue weighted by atomic mass is 10.1. The van der Waals surface area contributed by atoms with E-state index in [1.54, 1.807) is 6.20 Å². The van der Waals surface area contributed by atoms with E-state index in [4.69, 9.17) is 4.42 Å². The van der Waals surface area contributed by atoms with Crippen molar-refractivity contribution in [3.8, 4) is 22.7 Å². The van der Waals surface area contributed by atoms with Crippen molar-refractivity contribution in [3.05, 3.63) is 72.9 Å². The van der Waals surface area contributed by atoms with Crippen LogP contribution in [0.1, 0.15) is 0 Å². The first-order valence-electron chi connectivity index (χ1n) is 6.77. The summed E-state index contributed by atoms with van der Waals surface area (Å²) in [4.78, 5) is 8.85. The van der Waals surface area contributed by atoms with E-state index in [0.29, 0.717) is 5.89 Å². The maximum Gasteiger partial charge on any atom is 0.227 e. The molecule has 100 valence electrons. The summed E-state index contributed by atoms with van der Waals surface area (Å²) in [6, 6.07) is 21.8. The summed E-state index contributed by atoms with van der Waals surface area (Å²) in [6.45, 7) is 0. The molecule has 0 saturated heterocycles. The fourth-order valence-electron chi connectivity index (χ4n) is 2.31. The monoisotopic (exact) mass is 272 g/mol. The summed E-state index contributed by atoms with van der Waals surface area (Å²) in [5.74, 6) is 0.642. The molecule has 0 unspecified atom stereocenters. The van der Waals surface area contributed by atoms with Gasteiger partial charge in [-0.05, 0) is 36.4 Å². The zero-order valence-corrected chi connectivity index (χ0v) is 11.2. The van der Waals surface area contributed by atoms with Crippen LogP contribution in [0.3, 0.4) is 0 Å². The quantitative estimate of drug-likeness (QED) is 0.537. The van der Waals surface area contributed by atoms with E-state index in [0.717, 1.165) is 27.9 Å². The van der Waals surface area contributed by atoms with Crippen LogP contribution in [0.2, 0.25) is 0 Å². The molecule has 0 N–H and O–H groups in total. The first-order chi connectivity index (χ1) is 10.4. The maximum atomic E-state index is 5.77. The molecule has 0 saturated carbocycles.